The number of carbonyl (C=O) groups excluding carboxylic acids is 1. The van der Waals surface area contributed by atoms with Crippen molar-refractivity contribution in [2.24, 2.45) is 0 Å². The summed E-state index contributed by atoms with van der Waals surface area (Å²) < 4.78 is 23.6. The lowest BCUT2D eigenvalue weighted by Gasteiger charge is -2.04. The molecular weight excluding hydrogens is 392 g/mol. The van der Waals surface area contributed by atoms with E-state index in [-0.39, 0.29) is 16.6 Å². The van der Waals surface area contributed by atoms with Gasteiger partial charge in [0.25, 0.3) is 5.91 Å². The number of nitrogens with zero attached hydrogens (tertiary/aromatic N) is 1. The molecule has 8 heteroatoms. The molecule has 1 amide bonds. The first-order valence-corrected chi connectivity index (χ1v) is 10.7. The van der Waals surface area contributed by atoms with Crippen molar-refractivity contribution < 1.29 is 13.2 Å². The van der Waals surface area contributed by atoms with Gasteiger partial charge in [0.15, 0.2) is 15.0 Å². The molecule has 0 aliphatic heterocycles. The number of thiazole rings is 1. The molecule has 0 aliphatic carbocycles. The van der Waals surface area contributed by atoms with Crippen LogP contribution in [0.15, 0.2) is 58.8 Å². The Morgan fingerprint density at radius 2 is 1.77 bits per heavy atom. The molecule has 3 aromatic rings. The van der Waals surface area contributed by atoms with Crippen molar-refractivity contribution in [1.29, 1.82) is 0 Å². The second-order valence-electron chi connectivity index (χ2n) is 5.43. The maximum atomic E-state index is 12.3. The molecule has 1 N–H and O–H groups in total. The van der Waals surface area contributed by atoms with E-state index < -0.39 is 9.84 Å². The van der Waals surface area contributed by atoms with Crippen LogP contribution < -0.4 is 5.32 Å². The minimum Gasteiger partial charge on any atom is -0.298 e. The van der Waals surface area contributed by atoms with E-state index in [9.17, 15) is 13.2 Å². The summed E-state index contributed by atoms with van der Waals surface area (Å²) in [6.45, 7) is 1.58. The first kappa shape index (κ1) is 18.6. The van der Waals surface area contributed by atoms with Gasteiger partial charge in [0, 0.05) is 21.5 Å². The number of sulfone groups is 1. The van der Waals surface area contributed by atoms with Crippen molar-refractivity contribution in [3.05, 3.63) is 64.5 Å². The minimum atomic E-state index is -3.28. The smallest absolute Gasteiger partial charge is 0.257 e. The zero-order chi connectivity index (χ0) is 18.7. The fourth-order valence-electron chi connectivity index (χ4n) is 2.23. The second-order valence-corrected chi connectivity index (χ2v) is 9.00. The number of nitrogens with one attached hydrogen (secondary N) is 1. The fraction of sp³-hybridized carbons (Fsp3) is 0.111. The van der Waals surface area contributed by atoms with Crippen molar-refractivity contribution in [2.75, 3.05) is 11.1 Å². The molecule has 0 saturated heterocycles. The number of amides is 1. The number of aromatic nitrogens is 1. The van der Waals surface area contributed by atoms with Crippen LogP contribution in [0, 0.1) is 0 Å². The Kier molecular flexibility index (Phi) is 5.41. The average Bonchev–Trinajstić information content (AvgIpc) is 3.11. The normalized spacial score (nSPS) is 11.3. The highest BCUT2D eigenvalue weighted by molar-refractivity contribution is 7.91. The topological polar surface area (TPSA) is 76.1 Å². The molecular formula is C18H15ClN2O3S2. The third-order valence-electron chi connectivity index (χ3n) is 3.72. The SMILES string of the molecule is CCS(=O)(=O)c1ccc(C(=O)Nc2nc(-c3ccc(Cl)cc3)cs2)cc1. The number of carbonyl (C=O) groups is 1. The molecule has 5 nitrogen and oxygen atoms in total. The van der Waals surface area contributed by atoms with E-state index in [1.807, 2.05) is 17.5 Å². The zero-order valence-corrected chi connectivity index (χ0v) is 16.2. The van der Waals surface area contributed by atoms with Crippen LogP contribution in [0.4, 0.5) is 5.13 Å². The molecule has 0 aliphatic rings. The van der Waals surface area contributed by atoms with Crippen molar-refractivity contribution in [2.45, 2.75) is 11.8 Å². The Morgan fingerprint density at radius 3 is 2.38 bits per heavy atom. The molecule has 2 aromatic carbocycles. The van der Waals surface area contributed by atoms with Gasteiger partial charge in [-0.15, -0.1) is 11.3 Å². The largest absolute Gasteiger partial charge is 0.298 e. The van der Waals surface area contributed by atoms with Crippen LogP contribution >= 0.6 is 22.9 Å². The van der Waals surface area contributed by atoms with Gasteiger partial charge in [0.1, 0.15) is 0 Å². The number of anilines is 1. The summed E-state index contributed by atoms with van der Waals surface area (Å²) in [4.78, 5) is 16.9. The Morgan fingerprint density at radius 1 is 1.12 bits per heavy atom. The molecule has 0 unspecified atom stereocenters. The quantitative estimate of drug-likeness (QED) is 0.676. The number of hydrogen-bond acceptors (Lipinski definition) is 5. The highest BCUT2D eigenvalue weighted by atomic mass is 35.5. The van der Waals surface area contributed by atoms with Gasteiger partial charge >= 0.3 is 0 Å². The van der Waals surface area contributed by atoms with Gasteiger partial charge in [-0.05, 0) is 36.4 Å². The number of halogens is 1. The van der Waals surface area contributed by atoms with Crippen molar-refractivity contribution in [3.63, 3.8) is 0 Å². The number of hydrogen-bond donors (Lipinski definition) is 1. The highest BCUT2D eigenvalue weighted by Crippen LogP contribution is 2.26. The third kappa shape index (κ3) is 4.12. The van der Waals surface area contributed by atoms with E-state index in [2.05, 4.69) is 10.3 Å². The molecule has 0 atom stereocenters. The standard InChI is InChI=1S/C18H15ClN2O3S2/c1-2-26(23,24)15-9-5-13(6-10-15)17(22)21-18-20-16(11-25-18)12-3-7-14(19)8-4-12/h3-11H,2H2,1H3,(H,20,21,22). The molecule has 0 fully saturated rings. The van der Waals surface area contributed by atoms with Crippen molar-refractivity contribution >= 4 is 43.8 Å². The summed E-state index contributed by atoms with van der Waals surface area (Å²) in [5.74, 6) is -0.326. The molecule has 0 saturated carbocycles. The highest BCUT2D eigenvalue weighted by Gasteiger charge is 2.14. The van der Waals surface area contributed by atoms with Gasteiger partial charge in [0.2, 0.25) is 0 Å². The summed E-state index contributed by atoms with van der Waals surface area (Å²) in [6, 6.07) is 13.1. The van der Waals surface area contributed by atoms with Crippen LogP contribution in [0.25, 0.3) is 11.3 Å². The Labute approximate surface area is 160 Å². The maximum absolute atomic E-state index is 12.3. The third-order valence-corrected chi connectivity index (χ3v) is 6.48. The predicted octanol–water partition coefficient (Wildman–Crippen LogP) is 4.51. The van der Waals surface area contributed by atoms with Gasteiger partial charge in [-0.2, -0.15) is 0 Å². The van der Waals surface area contributed by atoms with E-state index >= 15 is 0 Å². The van der Waals surface area contributed by atoms with Crippen molar-refractivity contribution in [1.82, 2.24) is 4.98 Å². The van der Waals surface area contributed by atoms with Crippen molar-refractivity contribution in [3.8, 4) is 11.3 Å². The summed E-state index contributed by atoms with van der Waals surface area (Å²) in [6.07, 6.45) is 0. The lowest BCUT2D eigenvalue weighted by Crippen LogP contribution is -2.12. The number of benzene rings is 2. The van der Waals surface area contributed by atoms with Crippen LogP contribution in [-0.2, 0) is 9.84 Å². The first-order valence-electron chi connectivity index (χ1n) is 7.74. The minimum absolute atomic E-state index is 0.0190. The van der Waals surface area contributed by atoms with E-state index in [1.54, 1.807) is 19.1 Å². The molecule has 0 bridgehead atoms. The Bertz CT molecular complexity index is 1030. The van der Waals surface area contributed by atoms with Gasteiger partial charge in [-0.1, -0.05) is 30.7 Å². The van der Waals surface area contributed by atoms with Crippen LogP contribution in [0.1, 0.15) is 17.3 Å². The molecule has 26 heavy (non-hydrogen) atoms. The maximum Gasteiger partial charge on any atom is 0.257 e. The van der Waals surface area contributed by atoms with Crippen LogP contribution in [0.2, 0.25) is 5.02 Å². The molecule has 0 spiro atoms. The van der Waals surface area contributed by atoms with E-state index in [0.29, 0.717) is 15.7 Å². The average molecular weight is 407 g/mol. The summed E-state index contributed by atoms with van der Waals surface area (Å²) in [7, 11) is -3.28. The zero-order valence-electron chi connectivity index (χ0n) is 13.8. The van der Waals surface area contributed by atoms with E-state index in [4.69, 9.17) is 11.6 Å². The summed E-state index contributed by atoms with van der Waals surface area (Å²) in [5.41, 5.74) is 2.01. The van der Waals surface area contributed by atoms with E-state index in [0.717, 1.165) is 11.3 Å². The lowest BCUT2D eigenvalue weighted by atomic mass is 10.2. The fourth-order valence-corrected chi connectivity index (χ4v) is 3.96. The predicted molar refractivity (Wildman–Crippen MR) is 105 cm³/mol. The summed E-state index contributed by atoms with van der Waals surface area (Å²) in [5, 5.41) is 5.68. The first-order chi connectivity index (χ1) is 12.4. The monoisotopic (exact) mass is 406 g/mol. The van der Waals surface area contributed by atoms with Gasteiger partial charge < -0.3 is 0 Å². The Balaban J connectivity index is 1.73. The molecule has 0 radical (unpaired) electrons. The molecule has 1 aromatic heterocycles. The molecule has 3 rings (SSSR count). The van der Waals surface area contributed by atoms with Crippen LogP contribution in [0.3, 0.4) is 0 Å². The van der Waals surface area contributed by atoms with Gasteiger partial charge in [-0.25, -0.2) is 13.4 Å². The van der Waals surface area contributed by atoms with Gasteiger partial charge in [0.05, 0.1) is 16.3 Å². The Hall–Kier alpha value is -2.22. The van der Waals surface area contributed by atoms with E-state index in [1.165, 1.54) is 35.6 Å². The number of rotatable bonds is 5. The molecule has 134 valence electrons. The van der Waals surface area contributed by atoms with Gasteiger partial charge in [-0.3, -0.25) is 10.1 Å². The summed E-state index contributed by atoms with van der Waals surface area (Å²) >= 11 is 7.19. The van der Waals surface area contributed by atoms with Crippen LogP contribution in [-0.4, -0.2) is 25.1 Å². The lowest BCUT2D eigenvalue weighted by molar-refractivity contribution is 0.102. The molecule has 1 heterocycles. The van der Waals surface area contributed by atoms with Crippen LogP contribution in [0.5, 0.6) is 0 Å². The second kappa shape index (κ2) is 7.57.